The molecule has 3 aromatic rings. The van der Waals surface area contributed by atoms with Crippen molar-refractivity contribution in [1.29, 1.82) is 0 Å². The van der Waals surface area contributed by atoms with Gasteiger partial charge in [0.05, 0.1) is 22.1 Å². The van der Waals surface area contributed by atoms with Gasteiger partial charge < -0.3 is 10.2 Å². The first-order valence-electron chi connectivity index (χ1n) is 9.32. The number of hydrogen-bond donors (Lipinski definition) is 1. The van der Waals surface area contributed by atoms with Crippen molar-refractivity contribution in [3.8, 4) is 16.9 Å². The molecule has 1 saturated heterocycles. The second kappa shape index (κ2) is 6.83. The predicted molar refractivity (Wildman–Crippen MR) is 112 cm³/mol. The van der Waals surface area contributed by atoms with Crippen LogP contribution in [0.3, 0.4) is 0 Å². The van der Waals surface area contributed by atoms with Crippen LogP contribution in [-0.2, 0) is 0 Å². The van der Waals surface area contributed by atoms with Gasteiger partial charge in [0, 0.05) is 29.7 Å². The molecule has 1 amide bonds. The van der Waals surface area contributed by atoms with Crippen LogP contribution in [0, 0.1) is 0 Å². The quantitative estimate of drug-likeness (QED) is 0.652. The van der Waals surface area contributed by atoms with Crippen molar-refractivity contribution in [1.82, 2.24) is 14.7 Å². The van der Waals surface area contributed by atoms with Gasteiger partial charge in [0.25, 0.3) is 5.91 Å². The molecule has 28 heavy (non-hydrogen) atoms. The van der Waals surface area contributed by atoms with Gasteiger partial charge in [-0.25, -0.2) is 4.68 Å². The zero-order valence-corrected chi connectivity index (χ0v) is 16.5. The Morgan fingerprint density at radius 3 is 2.64 bits per heavy atom. The lowest BCUT2D eigenvalue weighted by Gasteiger charge is -2.21. The van der Waals surface area contributed by atoms with Gasteiger partial charge in [-0.1, -0.05) is 47.5 Å². The average Bonchev–Trinajstić information content (AvgIpc) is 3.29. The van der Waals surface area contributed by atoms with E-state index in [4.69, 9.17) is 28.3 Å². The largest absolute Gasteiger partial charge is 0.379 e. The second-order valence-electron chi connectivity index (χ2n) is 7.12. The van der Waals surface area contributed by atoms with Crippen molar-refractivity contribution < 1.29 is 4.79 Å². The molecule has 0 bridgehead atoms. The number of fused-ring (bicyclic) bond motifs is 2. The zero-order chi connectivity index (χ0) is 19.3. The van der Waals surface area contributed by atoms with Crippen LogP contribution in [0.2, 0.25) is 10.0 Å². The van der Waals surface area contributed by atoms with E-state index in [9.17, 15) is 4.79 Å². The van der Waals surface area contributed by atoms with E-state index < -0.39 is 0 Å². The summed E-state index contributed by atoms with van der Waals surface area (Å²) in [6, 6.07) is 15.3. The number of hydrogen-bond acceptors (Lipinski definition) is 3. The summed E-state index contributed by atoms with van der Waals surface area (Å²) in [5.74, 6) is -0.0245. The van der Waals surface area contributed by atoms with Gasteiger partial charge in [0.2, 0.25) is 0 Å². The first-order valence-corrected chi connectivity index (χ1v) is 10.1. The van der Waals surface area contributed by atoms with Crippen LogP contribution in [0.5, 0.6) is 0 Å². The number of amides is 1. The van der Waals surface area contributed by atoms with Crippen molar-refractivity contribution in [3.63, 3.8) is 0 Å². The average molecular weight is 413 g/mol. The normalized spacial score (nSPS) is 18.4. The molecule has 1 atom stereocenters. The van der Waals surface area contributed by atoms with Crippen molar-refractivity contribution >= 4 is 34.8 Å². The summed E-state index contributed by atoms with van der Waals surface area (Å²) in [4.78, 5) is 15.2. The maximum absolute atomic E-state index is 13.2. The molecule has 1 N–H and O–H groups in total. The number of aromatic nitrogens is 2. The fourth-order valence-electron chi connectivity index (χ4n) is 4.08. The number of halogens is 2. The lowest BCUT2D eigenvalue weighted by Crippen LogP contribution is -2.37. The van der Waals surface area contributed by atoms with Gasteiger partial charge >= 0.3 is 0 Å². The Morgan fingerprint density at radius 2 is 1.86 bits per heavy atom. The lowest BCUT2D eigenvalue weighted by molar-refractivity contribution is 0.0744. The van der Waals surface area contributed by atoms with Gasteiger partial charge in [0.15, 0.2) is 5.69 Å². The summed E-state index contributed by atoms with van der Waals surface area (Å²) in [6.45, 7) is 1.49. The Hall–Kier alpha value is -2.50. The van der Waals surface area contributed by atoms with E-state index in [-0.39, 0.29) is 11.9 Å². The van der Waals surface area contributed by atoms with E-state index in [1.807, 2.05) is 53.4 Å². The standard InChI is InChI=1S/C21H18Cl2N4O/c22-14-9-7-13(8-10-14)20-18-19(21(28)26-11-3-4-15(26)12-24-18)25-27(20)17-6-2-1-5-16(17)23/h1-2,5-10,15,24H,3-4,11-12H2/t15-/m0/s1. The molecule has 1 fully saturated rings. The van der Waals surface area contributed by atoms with Crippen molar-refractivity contribution in [2.75, 3.05) is 18.4 Å². The topological polar surface area (TPSA) is 50.2 Å². The molecule has 0 saturated carbocycles. The minimum atomic E-state index is -0.0245. The molecule has 142 valence electrons. The Balaban J connectivity index is 1.75. The molecular formula is C21H18Cl2N4O. The predicted octanol–water partition coefficient (Wildman–Crippen LogP) is 4.88. The number of rotatable bonds is 2. The molecule has 3 heterocycles. The third-order valence-corrected chi connectivity index (χ3v) is 6.01. The molecule has 2 aliphatic heterocycles. The molecule has 0 radical (unpaired) electrons. The zero-order valence-electron chi connectivity index (χ0n) is 15.0. The maximum atomic E-state index is 13.2. The molecule has 0 unspecified atom stereocenters. The molecular weight excluding hydrogens is 395 g/mol. The Bertz CT molecular complexity index is 1060. The molecule has 7 heteroatoms. The molecule has 2 aliphatic rings. The summed E-state index contributed by atoms with van der Waals surface area (Å²) < 4.78 is 1.76. The smallest absolute Gasteiger partial charge is 0.276 e. The summed E-state index contributed by atoms with van der Waals surface area (Å²) in [5, 5.41) is 9.45. The van der Waals surface area contributed by atoms with E-state index in [0.29, 0.717) is 22.3 Å². The Labute approximate surface area is 172 Å². The molecule has 2 aromatic carbocycles. The van der Waals surface area contributed by atoms with E-state index in [2.05, 4.69) is 5.32 Å². The van der Waals surface area contributed by atoms with E-state index in [1.165, 1.54) is 0 Å². The SMILES string of the molecule is O=C1c2nn(-c3ccccc3Cl)c(-c3ccc(Cl)cc3)c2NC[C@@H]2CCCN12. The summed E-state index contributed by atoms with van der Waals surface area (Å²) >= 11 is 12.6. The maximum Gasteiger partial charge on any atom is 0.276 e. The summed E-state index contributed by atoms with van der Waals surface area (Å²) in [7, 11) is 0. The number of nitrogens with one attached hydrogen (secondary N) is 1. The number of anilines is 1. The minimum absolute atomic E-state index is 0.0245. The van der Waals surface area contributed by atoms with Crippen molar-refractivity contribution in [2.45, 2.75) is 18.9 Å². The highest BCUT2D eigenvalue weighted by molar-refractivity contribution is 6.32. The Kier molecular flexibility index (Phi) is 4.29. The van der Waals surface area contributed by atoms with Gasteiger partial charge in [-0.05, 0) is 37.1 Å². The number of carbonyl (C=O) groups is 1. The minimum Gasteiger partial charge on any atom is -0.379 e. The van der Waals surface area contributed by atoms with Crippen LogP contribution < -0.4 is 5.32 Å². The molecule has 1 aromatic heterocycles. The van der Waals surface area contributed by atoms with Crippen LogP contribution in [0.25, 0.3) is 16.9 Å². The second-order valence-corrected chi connectivity index (χ2v) is 7.96. The molecule has 5 nitrogen and oxygen atoms in total. The highest BCUT2D eigenvalue weighted by Gasteiger charge is 2.37. The van der Waals surface area contributed by atoms with Gasteiger partial charge in [0.1, 0.15) is 0 Å². The van der Waals surface area contributed by atoms with Gasteiger partial charge in [-0.3, -0.25) is 4.79 Å². The number of benzene rings is 2. The Morgan fingerprint density at radius 1 is 1.07 bits per heavy atom. The fraction of sp³-hybridized carbons (Fsp3) is 0.238. The first kappa shape index (κ1) is 17.6. The van der Waals surface area contributed by atoms with Crippen molar-refractivity contribution in [2.24, 2.45) is 0 Å². The lowest BCUT2D eigenvalue weighted by atomic mass is 10.1. The molecule has 5 rings (SSSR count). The molecule has 0 spiro atoms. The van der Waals surface area contributed by atoms with Crippen LogP contribution in [0.4, 0.5) is 5.69 Å². The van der Waals surface area contributed by atoms with E-state index in [1.54, 1.807) is 4.68 Å². The summed E-state index contributed by atoms with van der Waals surface area (Å²) in [5.41, 5.74) is 3.65. The molecule has 0 aliphatic carbocycles. The van der Waals surface area contributed by atoms with Crippen molar-refractivity contribution in [3.05, 3.63) is 64.3 Å². The summed E-state index contributed by atoms with van der Waals surface area (Å²) in [6.07, 6.45) is 2.05. The van der Waals surface area contributed by atoms with Crippen LogP contribution >= 0.6 is 23.2 Å². The third kappa shape index (κ3) is 2.77. The monoisotopic (exact) mass is 412 g/mol. The van der Waals surface area contributed by atoms with E-state index >= 15 is 0 Å². The number of carbonyl (C=O) groups excluding carboxylic acids is 1. The fourth-order valence-corrected chi connectivity index (χ4v) is 4.42. The third-order valence-electron chi connectivity index (χ3n) is 5.44. The van der Waals surface area contributed by atoms with Gasteiger partial charge in [-0.15, -0.1) is 0 Å². The highest BCUT2D eigenvalue weighted by Crippen LogP contribution is 2.38. The highest BCUT2D eigenvalue weighted by atomic mass is 35.5. The van der Waals surface area contributed by atoms with Gasteiger partial charge in [-0.2, -0.15) is 5.10 Å². The van der Waals surface area contributed by atoms with E-state index in [0.717, 1.165) is 42.0 Å². The first-order chi connectivity index (χ1) is 13.6. The van der Waals surface area contributed by atoms with Crippen LogP contribution in [0.1, 0.15) is 23.3 Å². The van der Waals surface area contributed by atoms with Crippen LogP contribution in [0.15, 0.2) is 48.5 Å². The number of nitrogens with zero attached hydrogens (tertiary/aromatic N) is 3. The van der Waals surface area contributed by atoms with Crippen LogP contribution in [-0.4, -0.2) is 39.7 Å². The number of para-hydroxylation sites is 1.